The molecule has 0 atom stereocenters. The van der Waals surface area contributed by atoms with Crippen molar-refractivity contribution in [2.45, 2.75) is 46.2 Å². The van der Waals surface area contributed by atoms with Gasteiger partial charge in [0, 0.05) is 10.8 Å². The van der Waals surface area contributed by atoms with Crippen molar-refractivity contribution in [2.75, 3.05) is 5.32 Å². The van der Waals surface area contributed by atoms with Crippen LogP contribution in [0.3, 0.4) is 0 Å². The Balaban J connectivity index is 1.58. The minimum absolute atomic E-state index is 0.0346. The molecule has 2 aromatic carbocycles. The Morgan fingerprint density at radius 3 is 2.67 bits per heavy atom. The molecule has 0 bridgehead atoms. The Morgan fingerprint density at radius 2 is 1.94 bits per heavy atom. The molecule has 9 nitrogen and oxygen atoms in total. The van der Waals surface area contributed by atoms with Crippen molar-refractivity contribution in [1.29, 1.82) is 0 Å². The fraction of sp³-hybridized carbons (Fsp3) is 0.269. The van der Waals surface area contributed by atoms with Crippen LogP contribution in [0.2, 0.25) is 0 Å². The van der Waals surface area contributed by atoms with Gasteiger partial charge in [-0.15, -0.1) is 0 Å². The first kappa shape index (κ1) is 23.4. The van der Waals surface area contributed by atoms with E-state index in [2.05, 4.69) is 20.4 Å². The number of hydrogen-bond acceptors (Lipinski definition) is 6. The average Bonchev–Trinajstić information content (AvgIpc) is 3.41. The first-order valence-corrected chi connectivity index (χ1v) is 11.5. The molecule has 0 unspecified atom stereocenters. The summed E-state index contributed by atoms with van der Waals surface area (Å²) in [5, 5.41) is 7.35. The maximum atomic E-state index is 14.1. The van der Waals surface area contributed by atoms with E-state index >= 15 is 0 Å². The summed E-state index contributed by atoms with van der Waals surface area (Å²) in [5.74, 6) is -0.198. The van der Waals surface area contributed by atoms with Crippen LogP contribution in [0.4, 0.5) is 10.1 Å². The third-order valence-corrected chi connectivity index (χ3v) is 5.88. The number of nitrogens with one attached hydrogen (secondary N) is 1. The first-order chi connectivity index (χ1) is 17.1. The number of carbonyl (C=O) groups excluding carboxylic acids is 1. The van der Waals surface area contributed by atoms with Gasteiger partial charge in [-0.3, -0.25) is 14.2 Å². The predicted molar refractivity (Wildman–Crippen MR) is 133 cm³/mol. The molecule has 0 aliphatic rings. The summed E-state index contributed by atoms with van der Waals surface area (Å²) in [4.78, 5) is 35.5. The Labute approximate surface area is 205 Å². The molecule has 0 fully saturated rings. The summed E-state index contributed by atoms with van der Waals surface area (Å²) in [5.41, 5.74) is 1.82. The van der Waals surface area contributed by atoms with Crippen molar-refractivity contribution in [3.05, 3.63) is 82.2 Å². The molecule has 0 saturated heterocycles. The lowest BCUT2D eigenvalue weighted by molar-refractivity contribution is -0.116. The average molecular weight is 489 g/mol. The fourth-order valence-corrected chi connectivity index (χ4v) is 4.06. The maximum Gasteiger partial charge on any atom is 0.278 e. The molecule has 0 saturated carbocycles. The van der Waals surface area contributed by atoms with E-state index in [-0.39, 0.29) is 41.2 Å². The van der Waals surface area contributed by atoms with Crippen LogP contribution in [0, 0.1) is 12.7 Å². The van der Waals surface area contributed by atoms with Gasteiger partial charge in [-0.05, 0) is 31.2 Å². The van der Waals surface area contributed by atoms with Crippen molar-refractivity contribution in [3.63, 3.8) is 0 Å². The van der Waals surface area contributed by atoms with Gasteiger partial charge in [-0.1, -0.05) is 49.7 Å². The van der Waals surface area contributed by atoms with Crippen LogP contribution in [0.5, 0.6) is 0 Å². The SMILES string of the molecule is Cc1ccc2c(c1)c1ncn(Cc3nc(C(C)(C)C)no3)c(=O)c1n2CC(=O)Nc1ccccc1F. The van der Waals surface area contributed by atoms with E-state index in [4.69, 9.17) is 4.52 Å². The van der Waals surface area contributed by atoms with Crippen molar-refractivity contribution in [1.82, 2.24) is 24.3 Å². The van der Waals surface area contributed by atoms with Crippen LogP contribution in [-0.2, 0) is 23.3 Å². The van der Waals surface area contributed by atoms with E-state index in [9.17, 15) is 14.0 Å². The highest BCUT2D eigenvalue weighted by atomic mass is 19.1. The second kappa shape index (κ2) is 8.71. The Hall–Kier alpha value is -4.34. The molecule has 1 amide bonds. The molecule has 36 heavy (non-hydrogen) atoms. The number of amides is 1. The van der Waals surface area contributed by atoms with Crippen LogP contribution < -0.4 is 10.9 Å². The third kappa shape index (κ3) is 4.26. The molecule has 10 heteroatoms. The lowest BCUT2D eigenvalue weighted by Crippen LogP contribution is -2.26. The first-order valence-electron chi connectivity index (χ1n) is 11.5. The van der Waals surface area contributed by atoms with Gasteiger partial charge >= 0.3 is 0 Å². The summed E-state index contributed by atoms with van der Waals surface area (Å²) < 4.78 is 22.4. The minimum Gasteiger partial charge on any atom is -0.337 e. The molecule has 1 N–H and O–H groups in total. The number of nitrogens with zero attached hydrogens (tertiary/aromatic N) is 5. The van der Waals surface area contributed by atoms with Crippen LogP contribution >= 0.6 is 0 Å². The number of para-hydroxylation sites is 1. The Kier molecular flexibility index (Phi) is 5.66. The summed E-state index contributed by atoms with van der Waals surface area (Å²) in [6, 6.07) is 11.6. The molecular formula is C26H25FN6O3. The molecule has 3 heterocycles. The van der Waals surface area contributed by atoms with E-state index in [1.807, 2.05) is 45.9 Å². The molecular weight excluding hydrogens is 463 g/mol. The third-order valence-electron chi connectivity index (χ3n) is 5.88. The zero-order chi connectivity index (χ0) is 25.6. The summed E-state index contributed by atoms with van der Waals surface area (Å²) in [7, 11) is 0. The van der Waals surface area contributed by atoms with Gasteiger partial charge in [0.1, 0.15) is 29.9 Å². The maximum absolute atomic E-state index is 14.1. The molecule has 5 aromatic rings. The van der Waals surface area contributed by atoms with Gasteiger partial charge in [0.05, 0.1) is 17.5 Å². The largest absolute Gasteiger partial charge is 0.337 e. The predicted octanol–water partition coefficient (Wildman–Crippen LogP) is 4.17. The van der Waals surface area contributed by atoms with E-state index < -0.39 is 11.7 Å². The number of hydrogen-bond donors (Lipinski definition) is 1. The zero-order valence-electron chi connectivity index (χ0n) is 20.4. The number of halogens is 1. The highest BCUT2D eigenvalue weighted by molar-refractivity contribution is 6.06. The van der Waals surface area contributed by atoms with Crippen molar-refractivity contribution in [3.8, 4) is 0 Å². The molecule has 5 rings (SSSR count). The second-order valence-electron chi connectivity index (χ2n) is 9.77. The van der Waals surface area contributed by atoms with Crippen molar-refractivity contribution >= 4 is 33.5 Å². The molecule has 0 radical (unpaired) electrons. The summed E-state index contributed by atoms with van der Waals surface area (Å²) >= 11 is 0. The highest BCUT2D eigenvalue weighted by Gasteiger charge is 2.23. The van der Waals surface area contributed by atoms with Crippen LogP contribution in [0.1, 0.15) is 38.0 Å². The fourth-order valence-electron chi connectivity index (χ4n) is 4.06. The molecule has 0 aliphatic heterocycles. The topological polar surface area (TPSA) is 108 Å². The molecule has 0 aliphatic carbocycles. The minimum atomic E-state index is -0.540. The Bertz CT molecular complexity index is 1680. The number of aromatic nitrogens is 5. The van der Waals surface area contributed by atoms with Gasteiger partial charge in [0.15, 0.2) is 5.82 Å². The summed E-state index contributed by atoms with van der Waals surface area (Å²) in [6.45, 7) is 7.67. The molecule has 184 valence electrons. The molecule has 3 aromatic heterocycles. The van der Waals surface area contributed by atoms with Gasteiger partial charge in [0.2, 0.25) is 11.8 Å². The smallest absolute Gasteiger partial charge is 0.278 e. The normalized spacial score (nSPS) is 11.9. The van der Waals surface area contributed by atoms with Gasteiger partial charge in [-0.2, -0.15) is 4.98 Å². The quantitative estimate of drug-likeness (QED) is 0.398. The monoisotopic (exact) mass is 488 g/mol. The number of benzene rings is 2. The van der Waals surface area contributed by atoms with Gasteiger partial charge in [0.25, 0.3) is 5.56 Å². The number of rotatable bonds is 5. The van der Waals surface area contributed by atoms with E-state index in [1.54, 1.807) is 16.7 Å². The van der Waals surface area contributed by atoms with Crippen LogP contribution in [0.25, 0.3) is 21.9 Å². The standard InChI is InChI=1S/C26H25FN6O3/c1-15-9-10-19-16(11-15)22-23(33(19)12-20(34)29-18-8-6-5-7-17(18)27)24(35)32(14-28-22)13-21-30-25(31-36-21)26(2,3)4/h5-11,14H,12-13H2,1-4H3,(H,29,34). The number of anilines is 1. The lowest BCUT2D eigenvalue weighted by Gasteiger charge is -2.11. The van der Waals surface area contributed by atoms with Gasteiger partial charge < -0.3 is 14.4 Å². The number of aryl methyl sites for hydroxylation is 1. The zero-order valence-corrected chi connectivity index (χ0v) is 20.4. The number of fused-ring (bicyclic) bond motifs is 3. The van der Waals surface area contributed by atoms with E-state index in [0.29, 0.717) is 16.9 Å². The van der Waals surface area contributed by atoms with Crippen LogP contribution in [0.15, 0.2) is 58.1 Å². The Morgan fingerprint density at radius 1 is 1.17 bits per heavy atom. The lowest BCUT2D eigenvalue weighted by atomic mass is 9.96. The van der Waals surface area contributed by atoms with E-state index in [0.717, 1.165) is 10.9 Å². The number of carbonyl (C=O) groups is 1. The van der Waals surface area contributed by atoms with Crippen molar-refractivity contribution in [2.24, 2.45) is 0 Å². The second-order valence-corrected chi connectivity index (χ2v) is 9.77. The summed E-state index contributed by atoms with van der Waals surface area (Å²) in [6.07, 6.45) is 1.44. The van der Waals surface area contributed by atoms with Crippen LogP contribution in [-0.4, -0.2) is 30.2 Å². The molecule has 0 spiro atoms. The highest BCUT2D eigenvalue weighted by Crippen LogP contribution is 2.27. The van der Waals surface area contributed by atoms with E-state index in [1.165, 1.54) is 23.0 Å². The van der Waals surface area contributed by atoms with Gasteiger partial charge in [-0.25, -0.2) is 9.37 Å². The van der Waals surface area contributed by atoms with Crippen molar-refractivity contribution < 1.29 is 13.7 Å².